The molecule has 2 amide bonds. The van der Waals surface area contributed by atoms with Gasteiger partial charge in [-0.25, -0.2) is 4.79 Å². The molecule has 25 heavy (non-hydrogen) atoms. The van der Waals surface area contributed by atoms with Crippen molar-refractivity contribution < 1.29 is 14.3 Å². The van der Waals surface area contributed by atoms with E-state index in [0.29, 0.717) is 23.4 Å². The number of carbonyl (C=O) groups is 1. The molecule has 0 unspecified atom stereocenters. The lowest BCUT2D eigenvalue weighted by molar-refractivity contribution is 0.0123. The van der Waals surface area contributed by atoms with Gasteiger partial charge >= 0.3 is 6.03 Å². The molecule has 0 spiro atoms. The third-order valence-electron chi connectivity index (χ3n) is 4.81. The Balaban J connectivity index is 1.61. The molecule has 2 saturated heterocycles. The number of terminal acetylenes is 1. The molecule has 2 heterocycles. The van der Waals surface area contributed by atoms with Gasteiger partial charge in [0.1, 0.15) is 12.4 Å². The molecule has 2 fully saturated rings. The normalized spacial score (nSPS) is 23.9. The van der Waals surface area contributed by atoms with E-state index < -0.39 is 0 Å². The van der Waals surface area contributed by atoms with Gasteiger partial charge in [-0.15, -0.1) is 6.42 Å². The van der Waals surface area contributed by atoms with E-state index in [2.05, 4.69) is 23.1 Å². The van der Waals surface area contributed by atoms with Crippen molar-refractivity contribution in [3.63, 3.8) is 0 Å². The summed E-state index contributed by atoms with van der Waals surface area (Å²) in [6.07, 6.45) is 5.24. The van der Waals surface area contributed by atoms with E-state index in [0.717, 1.165) is 39.4 Å². The third kappa shape index (κ3) is 4.25. The van der Waals surface area contributed by atoms with Crippen LogP contribution < -0.4 is 10.1 Å². The van der Waals surface area contributed by atoms with E-state index in [1.165, 1.54) is 0 Å². The quantitative estimate of drug-likeness (QED) is 0.848. The molecule has 1 N–H and O–H groups in total. The molecular formula is C19H25N3O3. The van der Waals surface area contributed by atoms with Crippen LogP contribution in [0.15, 0.2) is 24.3 Å². The number of nitrogens with zero attached hydrogens (tertiary/aromatic N) is 2. The molecule has 0 aromatic heterocycles. The number of carbonyl (C=O) groups excluding carboxylic acids is 1. The highest BCUT2D eigenvalue weighted by Gasteiger charge is 2.36. The van der Waals surface area contributed by atoms with Gasteiger partial charge < -0.3 is 19.7 Å². The van der Waals surface area contributed by atoms with Crippen molar-refractivity contribution >= 4 is 11.7 Å². The van der Waals surface area contributed by atoms with Crippen LogP contribution in [0.2, 0.25) is 0 Å². The number of ether oxygens (including phenoxy) is 2. The highest BCUT2D eigenvalue weighted by Crippen LogP contribution is 2.26. The summed E-state index contributed by atoms with van der Waals surface area (Å²) in [5.74, 6) is 3.47. The lowest BCUT2D eigenvalue weighted by Crippen LogP contribution is -2.47. The van der Waals surface area contributed by atoms with Gasteiger partial charge in [0.15, 0.2) is 0 Å². The van der Waals surface area contributed by atoms with Crippen LogP contribution in [0.5, 0.6) is 5.75 Å². The van der Waals surface area contributed by atoms with Crippen LogP contribution in [0.4, 0.5) is 10.5 Å². The first kappa shape index (κ1) is 17.6. The fourth-order valence-corrected chi connectivity index (χ4v) is 3.51. The van der Waals surface area contributed by atoms with E-state index in [-0.39, 0.29) is 12.6 Å². The standard InChI is InChI=1S/C19H25N3O3/c1-3-10-25-18-7-5-4-6-16(18)20-19(23)22-13-15(2)17(14-22)21-8-11-24-12-9-21/h1,4-7,15,17H,8-14H2,2H3,(H,20,23)/t15-,17-/m0/s1. The molecule has 0 bridgehead atoms. The summed E-state index contributed by atoms with van der Waals surface area (Å²) in [4.78, 5) is 17.0. The molecule has 2 aliphatic heterocycles. The van der Waals surface area contributed by atoms with Gasteiger partial charge in [0.05, 0.1) is 18.9 Å². The Kier molecular flexibility index (Phi) is 5.79. The predicted molar refractivity (Wildman–Crippen MR) is 96.7 cm³/mol. The number of hydrogen-bond donors (Lipinski definition) is 1. The zero-order valence-corrected chi connectivity index (χ0v) is 14.6. The summed E-state index contributed by atoms with van der Waals surface area (Å²) < 4.78 is 10.9. The first-order chi connectivity index (χ1) is 12.2. The maximum Gasteiger partial charge on any atom is 0.322 e. The number of urea groups is 1. The van der Waals surface area contributed by atoms with Crippen molar-refractivity contribution in [2.24, 2.45) is 5.92 Å². The first-order valence-electron chi connectivity index (χ1n) is 8.72. The van der Waals surface area contributed by atoms with Crippen LogP contribution in [-0.4, -0.2) is 67.9 Å². The lowest BCUT2D eigenvalue weighted by Gasteiger charge is -2.33. The molecule has 6 nitrogen and oxygen atoms in total. The average molecular weight is 343 g/mol. The van der Waals surface area contributed by atoms with Crippen molar-refractivity contribution in [3.05, 3.63) is 24.3 Å². The van der Waals surface area contributed by atoms with E-state index >= 15 is 0 Å². The number of anilines is 1. The number of hydrogen-bond acceptors (Lipinski definition) is 4. The second kappa shape index (κ2) is 8.24. The first-order valence-corrected chi connectivity index (χ1v) is 8.72. The molecule has 0 aliphatic carbocycles. The smallest absolute Gasteiger partial charge is 0.322 e. The molecule has 0 saturated carbocycles. The zero-order chi connectivity index (χ0) is 17.6. The van der Waals surface area contributed by atoms with Gasteiger partial charge in [0.2, 0.25) is 0 Å². The number of morpholine rings is 1. The minimum Gasteiger partial charge on any atom is -0.479 e. The molecular weight excluding hydrogens is 318 g/mol. The van der Waals surface area contributed by atoms with Crippen LogP contribution >= 0.6 is 0 Å². The van der Waals surface area contributed by atoms with Crippen molar-refractivity contribution in [1.29, 1.82) is 0 Å². The van der Waals surface area contributed by atoms with Crippen LogP contribution in [-0.2, 0) is 4.74 Å². The maximum atomic E-state index is 12.7. The lowest BCUT2D eigenvalue weighted by atomic mass is 10.0. The Morgan fingerprint density at radius 3 is 2.88 bits per heavy atom. The molecule has 1 aromatic carbocycles. The number of likely N-dealkylation sites (tertiary alicyclic amines) is 1. The molecule has 134 valence electrons. The molecule has 0 radical (unpaired) electrons. The summed E-state index contributed by atoms with van der Waals surface area (Å²) in [7, 11) is 0. The molecule has 2 aliphatic rings. The number of para-hydroxylation sites is 2. The van der Waals surface area contributed by atoms with E-state index in [1.54, 1.807) is 6.07 Å². The number of amides is 2. The Morgan fingerprint density at radius 2 is 2.12 bits per heavy atom. The van der Waals surface area contributed by atoms with Gasteiger partial charge in [-0.2, -0.15) is 0 Å². The summed E-state index contributed by atoms with van der Waals surface area (Å²) in [6.45, 7) is 7.29. The molecule has 2 atom stereocenters. The Bertz CT molecular complexity index is 637. The number of nitrogens with one attached hydrogen (secondary N) is 1. The molecule has 6 heteroatoms. The highest BCUT2D eigenvalue weighted by atomic mass is 16.5. The summed E-state index contributed by atoms with van der Waals surface area (Å²) in [5, 5.41) is 2.96. The minimum absolute atomic E-state index is 0.0978. The largest absolute Gasteiger partial charge is 0.479 e. The summed E-state index contributed by atoms with van der Waals surface area (Å²) >= 11 is 0. The highest BCUT2D eigenvalue weighted by molar-refractivity contribution is 5.91. The Morgan fingerprint density at radius 1 is 1.36 bits per heavy atom. The van der Waals surface area contributed by atoms with Crippen molar-refractivity contribution in [2.75, 3.05) is 51.3 Å². The summed E-state index contributed by atoms with van der Waals surface area (Å²) in [6, 6.07) is 7.63. The fraction of sp³-hybridized carbons (Fsp3) is 0.526. The Labute approximate surface area is 149 Å². The van der Waals surface area contributed by atoms with Gasteiger partial charge in [0.25, 0.3) is 0 Å². The van der Waals surface area contributed by atoms with E-state index in [4.69, 9.17) is 15.9 Å². The van der Waals surface area contributed by atoms with Gasteiger partial charge in [0, 0.05) is 32.2 Å². The molecule has 3 rings (SSSR count). The maximum absolute atomic E-state index is 12.7. The van der Waals surface area contributed by atoms with Crippen LogP contribution in [0.1, 0.15) is 6.92 Å². The topological polar surface area (TPSA) is 54.0 Å². The van der Waals surface area contributed by atoms with Crippen molar-refractivity contribution in [1.82, 2.24) is 9.80 Å². The van der Waals surface area contributed by atoms with Crippen molar-refractivity contribution in [3.8, 4) is 18.1 Å². The third-order valence-corrected chi connectivity index (χ3v) is 4.81. The van der Waals surface area contributed by atoms with Crippen LogP contribution in [0, 0.1) is 18.3 Å². The Hall–Kier alpha value is -2.23. The second-order valence-corrected chi connectivity index (χ2v) is 6.52. The number of benzene rings is 1. The van der Waals surface area contributed by atoms with E-state index in [9.17, 15) is 4.79 Å². The average Bonchev–Trinajstić information content (AvgIpc) is 3.03. The zero-order valence-electron chi connectivity index (χ0n) is 14.6. The van der Waals surface area contributed by atoms with Gasteiger partial charge in [-0.1, -0.05) is 25.0 Å². The van der Waals surface area contributed by atoms with Gasteiger partial charge in [-0.3, -0.25) is 4.90 Å². The fourth-order valence-electron chi connectivity index (χ4n) is 3.51. The van der Waals surface area contributed by atoms with Gasteiger partial charge in [-0.05, 0) is 18.1 Å². The van der Waals surface area contributed by atoms with Crippen LogP contribution in [0.25, 0.3) is 0 Å². The predicted octanol–water partition coefficient (Wildman–Crippen LogP) is 1.88. The SMILES string of the molecule is C#CCOc1ccccc1NC(=O)N1C[C@H](C)[C@@H](N2CCOCC2)C1. The van der Waals surface area contributed by atoms with E-state index in [1.807, 2.05) is 23.1 Å². The van der Waals surface area contributed by atoms with Crippen molar-refractivity contribution in [2.45, 2.75) is 13.0 Å². The van der Waals surface area contributed by atoms with Crippen LogP contribution in [0.3, 0.4) is 0 Å². The minimum atomic E-state index is -0.0978. The number of rotatable bonds is 4. The summed E-state index contributed by atoms with van der Waals surface area (Å²) in [5.41, 5.74) is 0.644. The molecule has 1 aromatic rings. The monoisotopic (exact) mass is 343 g/mol. The second-order valence-electron chi connectivity index (χ2n) is 6.52.